The van der Waals surface area contributed by atoms with Gasteiger partial charge in [-0.3, -0.25) is 4.72 Å². The molecule has 0 saturated heterocycles. The van der Waals surface area contributed by atoms with E-state index in [1.54, 1.807) is 24.3 Å². The van der Waals surface area contributed by atoms with Crippen LogP contribution in [0.5, 0.6) is 0 Å². The smallest absolute Gasteiger partial charge is 0.261 e. The summed E-state index contributed by atoms with van der Waals surface area (Å²) in [5.74, 6) is 0.731. The molecular weight excluding hydrogens is 310 g/mol. The number of aromatic nitrogens is 1. The van der Waals surface area contributed by atoms with Crippen molar-refractivity contribution in [3.63, 3.8) is 0 Å². The molecule has 1 atom stereocenters. The standard InChI is InChI=1S/C17H23N3O2S/c1-4-13(3)19-17-11-8-15(12-18-17)20-23(21,22)16-9-6-14(5-2)7-10-16/h6-13,20H,4-5H2,1-3H3,(H,18,19). The molecule has 1 aromatic carbocycles. The van der Waals surface area contributed by atoms with Crippen molar-refractivity contribution in [2.24, 2.45) is 0 Å². The van der Waals surface area contributed by atoms with Gasteiger partial charge in [0.25, 0.3) is 10.0 Å². The molecule has 1 heterocycles. The third-order valence-corrected chi connectivity index (χ3v) is 5.06. The summed E-state index contributed by atoms with van der Waals surface area (Å²) in [6.45, 7) is 6.19. The molecule has 23 heavy (non-hydrogen) atoms. The van der Waals surface area contributed by atoms with E-state index < -0.39 is 10.0 Å². The van der Waals surface area contributed by atoms with E-state index in [0.29, 0.717) is 11.7 Å². The van der Waals surface area contributed by atoms with Crippen molar-refractivity contribution in [2.45, 2.75) is 44.6 Å². The summed E-state index contributed by atoms with van der Waals surface area (Å²) in [4.78, 5) is 4.48. The van der Waals surface area contributed by atoms with Crippen molar-refractivity contribution in [3.8, 4) is 0 Å². The molecule has 0 fully saturated rings. The van der Waals surface area contributed by atoms with Gasteiger partial charge >= 0.3 is 0 Å². The predicted molar refractivity (Wildman–Crippen MR) is 94.2 cm³/mol. The minimum absolute atomic E-state index is 0.247. The highest BCUT2D eigenvalue weighted by molar-refractivity contribution is 7.92. The zero-order valence-corrected chi connectivity index (χ0v) is 14.5. The van der Waals surface area contributed by atoms with Crippen LogP contribution in [0.25, 0.3) is 0 Å². The third kappa shape index (κ3) is 4.69. The van der Waals surface area contributed by atoms with Gasteiger partial charge in [0.1, 0.15) is 5.82 Å². The van der Waals surface area contributed by atoms with E-state index in [-0.39, 0.29) is 4.90 Å². The second-order valence-electron chi connectivity index (χ2n) is 5.49. The maximum atomic E-state index is 12.4. The molecule has 6 heteroatoms. The van der Waals surface area contributed by atoms with Crippen LogP contribution >= 0.6 is 0 Å². The number of anilines is 2. The van der Waals surface area contributed by atoms with E-state index in [2.05, 4.69) is 28.9 Å². The third-order valence-electron chi connectivity index (χ3n) is 3.66. The molecular formula is C17H23N3O2S. The monoisotopic (exact) mass is 333 g/mol. The summed E-state index contributed by atoms with van der Waals surface area (Å²) in [6.07, 6.45) is 3.38. The second-order valence-corrected chi connectivity index (χ2v) is 7.17. The summed E-state index contributed by atoms with van der Waals surface area (Å²) >= 11 is 0. The maximum absolute atomic E-state index is 12.4. The second kappa shape index (κ2) is 7.46. The van der Waals surface area contributed by atoms with Crippen LogP contribution in [0.1, 0.15) is 32.8 Å². The summed E-state index contributed by atoms with van der Waals surface area (Å²) in [7, 11) is -3.59. The number of aryl methyl sites for hydroxylation is 1. The number of benzene rings is 1. The molecule has 0 saturated carbocycles. The average Bonchev–Trinajstić information content (AvgIpc) is 2.56. The number of nitrogens with zero attached hydrogens (tertiary/aromatic N) is 1. The van der Waals surface area contributed by atoms with Crippen LogP contribution in [-0.4, -0.2) is 19.4 Å². The lowest BCUT2D eigenvalue weighted by molar-refractivity contribution is 0.601. The Morgan fingerprint density at radius 2 is 1.78 bits per heavy atom. The fourth-order valence-electron chi connectivity index (χ4n) is 2.01. The van der Waals surface area contributed by atoms with E-state index >= 15 is 0 Å². The summed E-state index contributed by atoms with van der Waals surface area (Å²) in [5.41, 5.74) is 1.55. The largest absolute Gasteiger partial charge is 0.368 e. The topological polar surface area (TPSA) is 71.1 Å². The van der Waals surface area contributed by atoms with Crippen LogP contribution in [-0.2, 0) is 16.4 Å². The maximum Gasteiger partial charge on any atom is 0.261 e. The van der Waals surface area contributed by atoms with Crippen LogP contribution in [0.15, 0.2) is 47.5 Å². The number of hydrogen-bond acceptors (Lipinski definition) is 4. The van der Waals surface area contributed by atoms with Crippen molar-refractivity contribution in [2.75, 3.05) is 10.0 Å². The van der Waals surface area contributed by atoms with Crippen molar-refractivity contribution < 1.29 is 8.42 Å². The van der Waals surface area contributed by atoms with Gasteiger partial charge in [-0.25, -0.2) is 13.4 Å². The van der Waals surface area contributed by atoms with Crippen LogP contribution < -0.4 is 10.0 Å². The fourth-order valence-corrected chi connectivity index (χ4v) is 3.06. The molecule has 5 nitrogen and oxygen atoms in total. The molecule has 0 aliphatic carbocycles. The van der Waals surface area contributed by atoms with Crippen molar-refractivity contribution in [1.82, 2.24) is 4.98 Å². The molecule has 124 valence electrons. The first-order chi connectivity index (χ1) is 10.9. The Bertz CT molecular complexity index is 725. The molecule has 1 unspecified atom stereocenters. The van der Waals surface area contributed by atoms with E-state index in [4.69, 9.17) is 0 Å². The zero-order valence-electron chi connectivity index (χ0n) is 13.7. The Kier molecular flexibility index (Phi) is 5.60. The van der Waals surface area contributed by atoms with Gasteiger partial charge < -0.3 is 5.32 Å². The van der Waals surface area contributed by atoms with E-state index in [1.165, 1.54) is 6.20 Å². The van der Waals surface area contributed by atoms with Crippen LogP contribution in [0, 0.1) is 0 Å². The lowest BCUT2D eigenvalue weighted by Gasteiger charge is -2.13. The molecule has 0 aliphatic heterocycles. The highest BCUT2D eigenvalue weighted by atomic mass is 32.2. The Balaban J connectivity index is 2.10. The van der Waals surface area contributed by atoms with E-state index in [9.17, 15) is 8.42 Å². The number of nitrogens with one attached hydrogen (secondary N) is 2. The van der Waals surface area contributed by atoms with Gasteiger partial charge in [-0.2, -0.15) is 0 Å². The highest BCUT2D eigenvalue weighted by Crippen LogP contribution is 2.17. The highest BCUT2D eigenvalue weighted by Gasteiger charge is 2.14. The lowest BCUT2D eigenvalue weighted by atomic mass is 10.2. The summed E-state index contributed by atoms with van der Waals surface area (Å²) in [6, 6.07) is 10.7. The van der Waals surface area contributed by atoms with Gasteiger partial charge in [-0.15, -0.1) is 0 Å². The van der Waals surface area contributed by atoms with Crippen molar-refractivity contribution in [1.29, 1.82) is 0 Å². The normalized spacial score (nSPS) is 12.7. The predicted octanol–water partition coefficient (Wildman–Crippen LogP) is 3.66. The SMILES string of the molecule is CCc1ccc(S(=O)(=O)Nc2ccc(NC(C)CC)nc2)cc1. The Hall–Kier alpha value is -2.08. The Morgan fingerprint density at radius 1 is 1.09 bits per heavy atom. The molecule has 2 rings (SSSR count). The molecule has 0 spiro atoms. The van der Waals surface area contributed by atoms with E-state index in [0.717, 1.165) is 24.2 Å². The van der Waals surface area contributed by atoms with Gasteiger partial charge in [0.2, 0.25) is 0 Å². The minimum atomic E-state index is -3.59. The zero-order chi connectivity index (χ0) is 16.9. The Labute approximate surface area is 138 Å². The quantitative estimate of drug-likeness (QED) is 0.811. The first-order valence-electron chi connectivity index (χ1n) is 7.79. The van der Waals surface area contributed by atoms with Gasteiger partial charge in [-0.05, 0) is 49.6 Å². The number of rotatable bonds is 7. The molecule has 0 radical (unpaired) electrons. The van der Waals surface area contributed by atoms with Gasteiger partial charge in [-0.1, -0.05) is 26.0 Å². The molecule has 1 aromatic heterocycles. The van der Waals surface area contributed by atoms with Gasteiger partial charge in [0.15, 0.2) is 0 Å². The molecule has 0 amide bonds. The van der Waals surface area contributed by atoms with Crippen LogP contribution in [0.3, 0.4) is 0 Å². The average molecular weight is 333 g/mol. The minimum Gasteiger partial charge on any atom is -0.368 e. The van der Waals surface area contributed by atoms with Crippen molar-refractivity contribution >= 4 is 21.5 Å². The fraction of sp³-hybridized carbons (Fsp3) is 0.353. The molecule has 0 aliphatic rings. The number of hydrogen-bond donors (Lipinski definition) is 2. The van der Waals surface area contributed by atoms with Gasteiger partial charge in [0, 0.05) is 6.04 Å². The first-order valence-corrected chi connectivity index (χ1v) is 9.27. The van der Waals surface area contributed by atoms with Crippen LogP contribution in [0.4, 0.5) is 11.5 Å². The number of sulfonamides is 1. The summed E-state index contributed by atoms with van der Waals surface area (Å²) < 4.78 is 27.3. The molecule has 0 bridgehead atoms. The Morgan fingerprint density at radius 3 is 2.30 bits per heavy atom. The van der Waals surface area contributed by atoms with E-state index in [1.807, 2.05) is 19.1 Å². The first kappa shape index (κ1) is 17.3. The summed E-state index contributed by atoms with van der Waals surface area (Å²) in [5, 5.41) is 3.24. The number of pyridine rings is 1. The lowest BCUT2D eigenvalue weighted by Crippen LogP contribution is -2.15. The van der Waals surface area contributed by atoms with Gasteiger partial charge in [0.05, 0.1) is 16.8 Å². The molecule has 2 N–H and O–H groups in total. The molecule has 2 aromatic rings. The van der Waals surface area contributed by atoms with Crippen LogP contribution in [0.2, 0.25) is 0 Å². The van der Waals surface area contributed by atoms with Crippen molar-refractivity contribution in [3.05, 3.63) is 48.2 Å².